The van der Waals surface area contributed by atoms with Gasteiger partial charge in [0, 0.05) is 6.42 Å². The van der Waals surface area contributed by atoms with Crippen molar-refractivity contribution in [2.75, 3.05) is 6.61 Å². The van der Waals surface area contributed by atoms with Gasteiger partial charge in [-0.25, -0.2) is 0 Å². The summed E-state index contributed by atoms with van der Waals surface area (Å²) < 4.78 is 5.85. The summed E-state index contributed by atoms with van der Waals surface area (Å²) in [5.41, 5.74) is 0. The minimum atomic E-state index is -0.815. The fourth-order valence-electron chi connectivity index (χ4n) is 7.06. The third kappa shape index (κ3) is 43.2. The number of ether oxygens (including phenoxy) is 1. The molecule has 0 radical (unpaired) electrons. The van der Waals surface area contributed by atoms with Gasteiger partial charge in [-0.2, -0.15) is 0 Å². The molecule has 0 aliphatic heterocycles. The lowest BCUT2D eigenvalue weighted by Gasteiger charge is -2.24. The zero-order valence-electron chi connectivity index (χ0n) is 39.5. The van der Waals surface area contributed by atoms with Gasteiger partial charge in [-0.05, 0) is 70.6 Å². The summed E-state index contributed by atoms with van der Waals surface area (Å²) in [4.78, 5) is 26.0. The molecule has 348 valence electrons. The van der Waals surface area contributed by atoms with E-state index in [4.69, 9.17) is 4.74 Å². The number of hydrogen-bond donors (Lipinski definition) is 3. The number of amides is 1. The molecule has 61 heavy (non-hydrogen) atoms. The Morgan fingerprint density at radius 1 is 0.508 bits per heavy atom. The first-order valence-electron chi connectivity index (χ1n) is 25.0. The molecule has 0 aliphatic rings. The second-order valence-electron chi connectivity index (χ2n) is 16.6. The maximum Gasteiger partial charge on any atom is 0.306 e. The highest BCUT2D eigenvalue weighted by atomic mass is 16.5. The summed E-state index contributed by atoms with van der Waals surface area (Å²) in [5, 5.41) is 23.7. The molecule has 3 N–H and O–H groups in total. The van der Waals surface area contributed by atoms with Crippen LogP contribution in [0.1, 0.15) is 213 Å². The van der Waals surface area contributed by atoms with Crippen molar-refractivity contribution in [1.82, 2.24) is 5.32 Å². The van der Waals surface area contributed by atoms with E-state index in [0.717, 1.165) is 70.6 Å². The molecule has 6 heteroatoms. The molecule has 0 aromatic rings. The predicted octanol–water partition coefficient (Wildman–Crippen LogP) is 14.9. The Morgan fingerprint density at radius 2 is 0.967 bits per heavy atom. The Labute approximate surface area is 376 Å². The van der Waals surface area contributed by atoms with Crippen LogP contribution in [-0.4, -0.2) is 46.9 Å². The number of allylic oxidation sites excluding steroid dienone is 16. The van der Waals surface area contributed by atoms with E-state index < -0.39 is 18.2 Å². The third-order valence-corrected chi connectivity index (χ3v) is 10.8. The topological polar surface area (TPSA) is 95.9 Å². The molecule has 3 atom stereocenters. The van der Waals surface area contributed by atoms with Crippen molar-refractivity contribution in [3.05, 3.63) is 97.2 Å². The number of unbranched alkanes of at least 4 members (excludes halogenated alkanes) is 19. The van der Waals surface area contributed by atoms with Gasteiger partial charge in [0.15, 0.2) is 0 Å². The van der Waals surface area contributed by atoms with Crippen molar-refractivity contribution < 1.29 is 24.5 Å². The Kier molecular flexibility index (Phi) is 45.3. The highest BCUT2D eigenvalue weighted by molar-refractivity contribution is 5.77. The van der Waals surface area contributed by atoms with E-state index in [1.165, 1.54) is 89.9 Å². The highest BCUT2D eigenvalue weighted by Gasteiger charge is 2.24. The van der Waals surface area contributed by atoms with E-state index in [1.807, 2.05) is 54.7 Å². The van der Waals surface area contributed by atoms with E-state index in [1.54, 1.807) is 0 Å². The fourth-order valence-corrected chi connectivity index (χ4v) is 7.06. The number of rotatable bonds is 43. The van der Waals surface area contributed by atoms with Crippen LogP contribution >= 0.6 is 0 Å². The molecular weight excluding hydrogens is 755 g/mol. The van der Waals surface area contributed by atoms with Gasteiger partial charge in [0.05, 0.1) is 25.2 Å². The summed E-state index contributed by atoms with van der Waals surface area (Å²) in [6.07, 6.45) is 63.4. The third-order valence-electron chi connectivity index (χ3n) is 10.8. The van der Waals surface area contributed by atoms with Gasteiger partial charge in [0.2, 0.25) is 5.91 Å². The quantitative estimate of drug-likeness (QED) is 0.0246. The number of carbonyl (C=O) groups excluding carboxylic acids is 2. The summed E-state index contributed by atoms with van der Waals surface area (Å²) in [6.45, 7) is 6.19. The number of nitrogens with one attached hydrogen (secondary N) is 1. The van der Waals surface area contributed by atoms with Crippen LogP contribution in [0, 0.1) is 0 Å². The van der Waals surface area contributed by atoms with Crippen LogP contribution in [0.5, 0.6) is 0 Å². The van der Waals surface area contributed by atoms with Gasteiger partial charge in [-0.15, -0.1) is 0 Å². The molecule has 0 aromatic carbocycles. The van der Waals surface area contributed by atoms with Crippen molar-refractivity contribution in [3.63, 3.8) is 0 Å². The van der Waals surface area contributed by atoms with Crippen molar-refractivity contribution >= 4 is 11.9 Å². The van der Waals surface area contributed by atoms with Gasteiger partial charge < -0.3 is 20.3 Å². The lowest BCUT2D eigenvalue weighted by Crippen LogP contribution is -2.46. The maximum absolute atomic E-state index is 13.2. The van der Waals surface area contributed by atoms with Crippen molar-refractivity contribution in [1.29, 1.82) is 0 Å². The molecule has 0 heterocycles. The molecule has 1 amide bonds. The van der Waals surface area contributed by atoms with Crippen molar-refractivity contribution in [2.45, 2.75) is 232 Å². The zero-order chi connectivity index (χ0) is 44.5. The van der Waals surface area contributed by atoms with E-state index in [2.05, 4.69) is 68.6 Å². The highest BCUT2D eigenvalue weighted by Crippen LogP contribution is 2.17. The minimum absolute atomic E-state index is 0.0174. The molecule has 0 aliphatic carbocycles. The number of hydrogen-bond acceptors (Lipinski definition) is 5. The normalized spacial score (nSPS) is 14.1. The van der Waals surface area contributed by atoms with Gasteiger partial charge in [-0.3, -0.25) is 9.59 Å². The molecule has 0 saturated carbocycles. The number of aliphatic hydroxyl groups excluding tert-OH is 2. The Balaban J connectivity index is 4.65. The second-order valence-corrected chi connectivity index (χ2v) is 16.6. The number of esters is 1. The largest absolute Gasteiger partial charge is 0.462 e. The average Bonchev–Trinajstić information content (AvgIpc) is 3.25. The van der Waals surface area contributed by atoms with Crippen LogP contribution in [-0.2, 0) is 14.3 Å². The smallest absolute Gasteiger partial charge is 0.306 e. The second kappa shape index (κ2) is 47.8. The van der Waals surface area contributed by atoms with Gasteiger partial charge in [0.1, 0.15) is 6.10 Å². The van der Waals surface area contributed by atoms with Crippen LogP contribution in [0.2, 0.25) is 0 Å². The van der Waals surface area contributed by atoms with Crippen LogP contribution in [0.25, 0.3) is 0 Å². The van der Waals surface area contributed by atoms with Crippen LogP contribution in [0.4, 0.5) is 0 Å². The van der Waals surface area contributed by atoms with E-state index in [-0.39, 0.29) is 31.3 Å². The van der Waals surface area contributed by atoms with E-state index in [0.29, 0.717) is 19.3 Å². The Hall–Kier alpha value is -3.22. The summed E-state index contributed by atoms with van der Waals surface area (Å²) in [6, 6.07) is -0.734. The summed E-state index contributed by atoms with van der Waals surface area (Å²) in [5.74, 6) is -0.609. The van der Waals surface area contributed by atoms with Crippen LogP contribution < -0.4 is 5.32 Å². The van der Waals surface area contributed by atoms with E-state index in [9.17, 15) is 19.8 Å². The molecular formula is C55H93NO5. The summed E-state index contributed by atoms with van der Waals surface area (Å²) in [7, 11) is 0. The van der Waals surface area contributed by atoms with E-state index >= 15 is 0 Å². The Bertz CT molecular complexity index is 1220. The molecule has 0 rings (SSSR count). The SMILES string of the molecule is CC/C=C/C=C/C=C\C=C/C=C/CCCC(=O)OC(CCCC/C=C/C/C=C/C/C=C/CC)CC(=O)NC(CO)C(O)CCCCCCCCCCCCCCCCCCC. The van der Waals surface area contributed by atoms with Gasteiger partial charge >= 0.3 is 5.97 Å². The predicted molar refractivity (Wildman–Crippen MR) is 264 cm³/mol. The lowest BCUT2D eigenvalue weighted by atomic mass is 10.0. The van der Waals surface area contributed by atoms with Crippen molar-refractivity contribution in [3.8, 4) is 0 Å². The molecule has 0 spiro atoms. The molecule has 0 saturated heterocycles. The lowest BCUT2D eigenvalue weighted by molar-refractivity contribution is -0.151. The first-order valence-corrected chi connectivity index (χ1v) is 25.0. The van der Waals surface area contributed by atoms with Crippen LogP contribution in [0.15, 0.2) is 97.2 Å². The molecule has 0 fully saturated rings. The van der Waals surface area contributed by atoms with Crippen molar-refractivity contribution in [2.24, 2.45) is 0 Å². The maximum atomic E-state index is 13.2. The summed E-state index contributed by atoms with van der Waals surface area (Å²) >= 11 is 0. The van der Waals surface area contributed by atoms with Crippen LogP contribution in [0.3, 0.4) is 0 Å². The van der Waals surface area contributed by atoms with Gasteiger partial charge in [-0.1, -0.05) is 227 Å². The Morgan fingerprint density at radius 3 is 1.51 bits per heavy atom. The average molecular weight is 848 g/mol. The first kappa shape index (κ1) is 57.8. The zero-order valence-corrected chi connectivity index (χ0v) is 39.5. The number of carbonyl (C=O) groups is 2. The fraction of sp³-hybridized carbons (Fsp3) is 0.673. The number of aliphatic hydroxyl groups is 2. The standard InChI is InChI=1S/C55H93NO5/c1-4-7-10-13-16-19-22-25-26-27-28-30-32-35-38-41-44-47-53(58)52(50-57)56-54(59)49-51(46-43-40-37-34-31-24-21-18-15-12-9-6-3)61-55(60)48-45-42-39-36-33-29-23-20-17-14-11-8-5-2/h8-9,11-12,14,17-18,20-21,23,29,31,33-34,36,39,51-53,57-58H,4-7,10,13,15-16,19,22,24-28,30,32,35,37-38,40-50H2,1-3H3,(H,56,59)/b11-8+,12-9+,17-14+,21-18+,23-20-,33-29-,34-31+,39-36+. The molecule has 0 bridgehead atoms. The van der Waals surface area contributed by atoms with Gasteiger partial charge in [0.25, 0.3) is 0 Å². The molecule has 6 nitrogen and oxygen atoms in total. The monoisotopic (exact) mass is 848 g/mol. The molecule has 0 aromatic heterocycles. The minimum Gasteiger partial charge on any atom is -0.462 e. The molecule has 3 unspecified atom stereocenters. The first-order chi connectivity index (χ1) is 30.0.